The molecule has 1 nitrogen and oxygen atoms in total. The van der Waals surface area contributed by atoms with Gasteiger partial charge in [-0.3, -0.25) is 4.79 Å². The van der Waals surface area contributed by atoms with Crippen LogP contribution >= 0.6 is 39.1 Å². The van der Waals surface area contributed by atoms with Crippen LogP contribution in [0.2, 0.25) is 0 Å². The number of rotatable bonds is 3. The van der Waals surface area contributed by atoms with Crippen LogP contribution in [-0.2, 0) is 10.7 Å². The number of halogens is 3. The summed E-state index contributed by atoms with van der Waals surface area (Å²) >= 11 is 15.1. The van der Waals surface area contributed by atoms with Crippen LogP contribution in [0.25, 0.3) is 0 Å². The Bertz CT molecular complexity index is 352. The molecule has 0 saturated carbocycles. The zero-order valence-corrected chi connectivity index (χ0v) is 10.7. The first-order valence-electron chi connectivity index (χ1n) is 4.05. The van der Waals surface area contributed by atoms with Crippen LogP contribution in [-0.4, -0.2) is 5.78 Å². The monoisotopic (exact) mass is 294 g/mol. The lowest BCUT2D eigenvalue weighted by atomic mass is 10.0. The maximum Gasteiger partial charge on any atom is 0.152 e. The first kappa shape index (κ1) is 12.0. The molecular weight excluding hydrogens is 287 g/mol. The summed E-state index contributed by atoms with van der Waals surface area (Å²) in [5.74, 6) is 0.268. The number of carbonyl (C=O) groups is 1. The van der Waals surface area contributed by atoms with Crippen LogP contribution in [0.5, 0.6) is 0 Å². The van der Waals surface area contributed by atoms with Gasteiger partial charge in [-0.1, -0.05) is 28.1 Å². The second kappa shape index (κ2) is 5.15. The van der Waals surface area contributed by atoms with Gasteiger partial charge in [-0.2, -0.15) is 0 Å². The Hall–Kier alpha value is -0.0500. The number of Topliss-reactive ketones (excluding diaryl/α,β-unsaturated/α-hetero) is 1. The van der Waals surface area contributed by atoms with E-state index < -0.39 is 5.38 Å². The molecule has 0 bridgehead atoms. The van der Waals surface area contributed by atoms with Crippen LogP contribution < -0.4 is 0 Å². The Morgan fingerprint density at radius 3 is 2.71 bits per heavy atom. The maximum atomic E-state index is 11.1. The number of hydrogen-bond donors (Lipinski definition) is 0. The normalized spacial score (nSPS) is 12.6. The largest absolute Gasteiger partial charge is 0.298 e. The van der Waals surface area contributed by atoms with E-state index in [4.69, 9.17) is 23.2 Å². The van der Waals surface area contributed by atoms with E-state index in [1.54, 1.807) is 0 Å². The van der Waals surface area contributed by atoms with E-state index in [0.29, 0.717) is 5.88 Å². The van der Waals surface area contributed by atoms with Crippen molar-refractivity contribution >= 4 is 44.9 Å². The van der Waals surface area contributed by atoms with E-state index in [9.17, 15) is 4.79 Å². The SMILES string of the molecule is CC(=O)C(Cl)c1cccc(Br)c1CCl. The van der Waals surface area contributed by atoms with Gasteiger partial charge in [0.15, 0.2) is 5.78 Å². The second-order valence-corrected chi connectivity index (χ2v) is 4.47. The highest BCUT2D eigenvalue weighted by Gasteiger charge is 2.17. The number of alkyl halides is 2. The Kier molecular flexibility index (Phi) is 4.42. The van der Waals surface area contributed by atoms with Gasteiger partial charge in [-0.05, 0) is 24.1 Å². The molecule has 1 aromatic rings. The van der Waals surface area contributed by atoms with Gasteiger partial charge in [0.1, 0.15) is 5.38 Å². The van der Waals surface area contributed by atoms with E-state index in [1.807, 2.05) is 18.2 Å². The second-order valence-electron chi connectivity index (χ2n) is 2.91. The maximum absolute atomic E-state index is 11.1. The molecule has 0 heterocycles. The summed E-state index contributed by atoms with van der Waals surface area (Å²) in [6.07, 6.45) is 0. The summed E-state index contributed by atoms with van der Waals surface area (Å²) < 4.78 is 0.886. The Morgan fingerprint density at radius 2 is 2.21 bits per heavy atom. The van der Waals surface area contributed by atoms with Crippen LogP contribution in [0.3, 0.4) is 0 Å². The third-order valence-corrected chi connectivity index (χ3v) is 3.47. The molecule has 0 N–H and O–H groups in total. The zero-order valence-electron chi connectivity index (χ0n) is 7.56. The van der Waals surface area contributed by atoms with Crippen molar-refractivity contribution in [3.8, 4) is 0 Å². The number of hydrogen-bond acceptors (Lipinski definition) is 1. The molecule has 14 heavy (non-hydrogen) atoms. The van der Waals surface area contributed by atoms with Gasteiger partial charge in [-0.15, -0.1) is 23.2 Å². The van der Waals surface area contributed by atoms with Crippen molar-refractivity contribution in [2.75, 3.05) is 0 Å². The van der Waals surface area contributed by atoms with Crippen molar-refractivity contribution in [3.63, 3.8) is 0 Å². The molecular formula is C10H9BrCl2O. The summed E-state index contributed by atoms with van der Waals surface area (Å²) in [5, 5.41) is -0.610. The lowest BCUT2D eigenvalue weighted by Gasteiger charge is -2.12. The summed E-state index contributed by atoms with van der Waals surface area (Å²) in [5.41, 5.74) is 1.66. The molecule has 1 atom stereocenters. The van der Waals surface area contributed by atoms with Crippen molar-refractivity contribution in [1.29, 1.82) is 0 Å². The van der Waals surface area contributed by atoms with Crippen molar-refractivity contribution in [3.05, 3.63) is 33.8 Å². The summed E-state index contributed by atoms with van der Waals surface area (Å²) in [6.45, 7) is 1.47. The summed E-state index contributed by atoms with van der Waals surface area (Å²) in [6, 6.07) is 5.54. The minimum Gasteiger partial charge on any atom is -0.298 e. The zero-order chi connectivity index (χ0) is 10.7. The van der Waals surface area contributed by atoms with Crippen LogP contribution in [0.15, 0.2) is 22.7 Å². The van der Waals surface area contributed by atoms with E-state index in [-0.39, 0.29) is 5.78 Å². The molecule has 76 valence electrons. The number of ketones is 1. The highest BCUT2D eigenvalue weighted by Crippen LogP contribution is 2.30. The quantitative estimate of drug-likeness (QED) is 0.769. The van der Waals surface area contributed by atoms with Crippen LogP contribution in [0.4, 0.5) is 0 Å². The molecule has 4 heteroatoms. The Morgan fingerprint density at radius 1 is 1.57 bits per heavy atom. The number of benzene rings is 1. The third-order valence-electron chi connectivity index (χ3n) is 1.92. The molecule has 0 aliphatic carbocycles. The highest BCUT2D eigenvalue weighted by atomic mass is 79.9. The predicted octanol–water partition coefficient (Wildman–Crippen LogP) is 4.06. The lowest BCUT2D eigenvalue weighted by Crippen LogP contribution is -2.04. The van der Waals surface area contributed by atoms with Gasteiger partial charge in [0.2, 0.25) is 0 Å². The van der Waals surface area contributed by atoms with Crippen molar-refractivity contribution in [1.82, 2.24) is 0 Å². The molecule has 0 aliphatic heterocycles. The molecule has 1 aromatic carbocycles. The molecule has 0 fully saturated rings. The summed E-state index contributed by atoms with van der Waals surface area (Å²) in [7, 11) is 0. The topological polar surface area (TPSA) is 17.1 Å². The van der Waals surface area contributed by atoms with Crippen molar-refractivity contribution < 1.29 is 4.79 Å². The van der Waals surface area contributed by atoms with Crippen molar-refractivity contribution in [2.45, 2.75) is 18.2 Å². The van der Waals surface area contributed by atoms with Gasteiger partial charge >= 0.3 is 0 Å². The average Bonchev–Trinajstić information content (AvgIpc) is 2.16. The lowest BCUT2D eigenvalue weighted by molar-refractivity contribution is -0.116. The van der Waals surface area contributed by atoms with Gasteiger partial charge in [0.05, 0.1) is 0 Å². The fourth-order valence-electron chi connectivity index (χ4n) is 1.17. The highest BCUT2D eigenvalue weighted by molar-refractivity contribution is 9.10. The average molecular weight is 296 g/mol. The fraction of sp³-hybridized carbons (Fsp3) is 0.300. The first-order valence-corrected chi connectivity index (χ1v) is 5.82. The minimum atomic E-state index is -0.610. The first-order chi connectivity index (χ1) is 6.57. The Balaban J connectivity index is 3.20. The van der Waals surface area contributed by atoms with E-state index in [0.717, 1.165) is 15.6 Å². The van der Waals surface area contributed by atoms with E-state index in [2.05, 4.69) is 15.9 Å². The Labute approximate surface area is 102 Å². The van der Waals surface area contributed by atoms with E-state index in [1.165, 1.54) is 6.92 Å². The molecule has 0 spiro atoms. The molecule has 1 unspecified atom stereocenters. The van der Waals surface area contributed by atoms with Crippen LogP contribution in [0, 0.1) is 0 Å². The molecule has 0 aromatic heterocycles. The number of carbonyl (C=O) groups excluding carboxylic acids is 1. The molecule has 0 radical (unpaired) electrons. The fourth-order valence-corrected chi connectivity index (χ4v) is 2.36. The molecule has 0 aliphatic rings. The smallest absolute Gasteiger partial charge is 0.152 e. The third kappa shape index (κ3) is 2.50. The predicted molar refractivity (Wildman–Crippen MR) is 63.0 cm³/mol. The summed E-state index contributed by atoms with van der Waals surface area (Å²) in [4.78, 5) is 11.1. The van der Waals surface area contributed by atoms with Crippen molar-refractivity contribution in [2.24, 2.45) is 0 Å². The molecule has 0 saturated heterocycles. The van der Waals surface area contributed by atoms with Gasteiger partial charge in [0, 0.05) is 10.4 Å². The molecule has 1 rings (SSSR count). The molecule has 0 amide bonds. The van der Waals surface area contributed by atoms with E-state index >= 15 is 0 Å². The van der Waals surface area contributed by atoms with Crippen LogP contribution in [0.1, 0.15) is 23.4 Å². The minimum absolute atomic E-state index is 0.0730. The van der Waals surface area contributed by atoms with Gasteiger partial charge in [0.25, 0.3) is 0 Å². The van der Waals surface area contributed by atoms with Gasteiger partial charge < -0.3 is 0 Å². The van der Waals surface area contributed by atoms with Gasteiger partial charge in [-0.25, -0.2) is 0 Å². The standard InChI is InChI=1S/C10H9BrCl2O/c1-6(14)10(13)7-3-2-4-9(11)8(7)5-12/h2-4,10H,5H2,1H3.